The Morgan fingerprint density at radius 2 is 1.58 bits per heavy atom. The van der Waals surface area contributed by atoms with Crippen molar-refractivity contribution in [2.24, 2.45) is 0 Å². The minimum absolute atomic E-state index is 0.0935. The molecule has 1 spiro atoms. The van der Waals surface area contributed by atoms with Crippen molar-refractivity contribution in [3.8, 4) is 0 Å². The largest absolute Gasteiger partial charge is 0.354 e. The molecule has 0 aliphatic carbocycles. The Labute approximate surface area is 196 Å². The third-order valence-electron chi connectivity index (χ3n) is 5.96. The number of benzene rings is 3. The van der Waals surface area contributed by atoms with Gasteiger partial charge in [-0.15, -0.1) is 11.8 Å². The summed E-state index contributed by atoms with van der Waals surface area (Å²) in [6, 6.07) is 26.6. The maximum atomic E-state index is 13.9. The van der Waals surface area contributed by atoms with Gasteiger partial charge in [0.15, 0.2) is 0 Å². The molecule has 3 aromatic rings. The van der Waals surface area contributed by atoms with E-state index in [-0.39, 0.29) is 30.0 Å². The maximum Gasteiger partial charge on any atom is 0.269 e. The second-order valence-electron chi connectivity index (χ2n) is 7.99. The van der Waals surface area contributed by atoms with Gasteiger partial charge in [-0.3, -0.25) is 24.2 Å². The van der Waals surface area contributed by atoms with Crippen molar-refractivity contribution in [2.45, 2.75) is 11.3 Å². The number of hydrogen-bond acceptors (Lipinski definition) is 4. The second kappa shape index (κ2) is 8.75. The molecule has 3 amide bonds. The summed E-state index contributed by atoms with van der Waals surface area (Å²) in [5, 5.41) is 2.92. The molecule has 2 aliphatic heterocycles. The summed E-state index contributed by atoms with van der Waals surface area (Å²) in [6.07, 6.45) is 0.715. The lowest BCUT2D eigenvalue weighted by Crippen LogP contribution is -2.51. The fourth-order valence-corrected chi connectivity index (χ4v) is 5.84. The zero-order chi connectivity index (χ0) is 22.8. The lowest BCUT2D eigenvalue weighted by atomic mass is 10.0. The fourth-order valence-electron chi connectivity index (χ4n) is 4.48. The Hall–Kier alpha value is -3.58. The van der Waals surface area contributed by atoms with E-state index in [0.29, 0.717) is 24.3 Å². The highest BCUT2D eigenvalue weighted by molar-refractivity contribution is 8.02. The highest BCUT2D eigenvalue weighted by Gasteiger charge is 2.61. The number of fused-ring (bicyclic) bond motifs is 2. The highest BCUT2D eigenvalue weighted by atomic mass is 32.2. The Kier molecular flexibility index (Phi) is 5.64. The van der Waals surface area contributed by atoms with Gasteiger partial charge in [0, 0.05) is 17.8 Å². The Bertz CT molecular complexity index is 1200. The van der Waals surface area contributed by atoms with E-state index in [1.807, 2.05) is 84.9 Å². The van der Waals surface area contributed by atoms with Crippen molar-refractivity contribution in [1.29, 1.82) is 0 Å². The van der Waals surface area contributed by atoms with Gasteiger partial charge in [0.1, 0.15) is 6.54 Å². The molecule has 0 radical (unpaired) electrons. The van der Waals surface area contributed by atoms with E-state index in [4.69, 9.17) is 0 Å². The van der Waals surface area contributed by atoms with E-state index in [1.165, 1.54) is 16.7 Å². The molecule has 7 heteroatoms. The number of carbonyl (C=O) groups excluding carboxylic acids is 3. The monoisotopic (exact) mass is 457 g/mol. The van der Waals surface area contributed by atoms with Gasteiger partial charge in [0.2, 0.25) is 16.7 Å². The van der Waals surface area contributed by atoms with Gasteiger partial charge in [-0.05, 0) is 30.2 Å². The molecule has 2 aliphatic rings. The van der Waals surface area contributed by atoms with Gasteiger partial charge in [-0.2, -0.15) is 0 Å². The Balaban J connectivity index is 1.40. The summed E-state index contributed by atoms with van der Waals surface area (Å²) < 4.78 is 0. The van der Waals surface area contributed by atoms with E-state index in [2.05, 4.69) is 5.32 Å². The predicted octanol–water partition coefficient (Wildman–Crippen LogP) is 3.32. The van der Waals surface area contributed by atoms with Crippen LogP contribution in [0.5, 0.6) is 0 Å². The third-order valence-corrected chi connectivity index (χ3v) is 7.34. The van der Waals surface area contributed by atoms with E-state index < -0.39 is 4.87 Å². The Morgan fingerprint density at radius 1 is 0.909 bits per heavy atom. The predicted molar refractivity (Wildman–Crippen MR) is 130 cm³/mol. The van der Waals surface area contributed by atoms with Crippen molar-refractivity contribution in [2.75, 3.05) is 28.6 Å². The summed E-state index contributed by atoms with van der Waals surface area (Å²) in [7, 11) is 0. The lowest BCUT2D eigenvalue weighted by Gasteiger charge is -2.33. The molecule has 0 saturated carbocycles. The standard InChI is InChI=1S/C26H23N3O3S/c30-23(27-16-15-19-9-3-1-4-10-19)17-28-22-14-8-7-13-21(22)26(25(28)32)29(24(31)18-33-26)20-11-5-2-6-12-20/h1-14H,15-18H2,(H,27,30). The van der Waals surface area contributed by atoms with Gasteiger partial charge < -0.3 is 5.32 Å². The van der Waals surface area contributed by atoms with Crippen LogP contribution in [0.4, 0.5) is 11.4 Å². The minimum Gasteiger partial charge on any atom is -0.354 e. The molecule has 6 nitrogen and oxygen atoms in total. The van der Waals surface area contributed by atoms with Crippen molar-refractivity contribution in [3.05, 3.63) is 96.1 Å². The van der Waals surface area contributed by atoms with Crippen molar-refractivity contribution < 1.29 is 14.4 Å². The van der Waals surface area contributed by atoms with Gasteiger partial charge in [-0.25, -0.2) is 0 Å². The first kappa shape index (κ1) is 21.3. The summed E-state index contributed by atoms with van der Waals surface area (Å²) in [4.78, 5) is 41.5. The van der Waals surface area contributed by atoms with Gasteiger partial charge in [-0.1, -0.05) is 66.7 Å². The second-order valence-corrected chi connectivity index (χ2v) is 9.16. The average molecular weight is 458 g/mol. The van der Waals surface area contributed by atoms with Crippen LogP contribution in [0.1, 0.15) is 11.1 Å². The smallest absolute Gasteiger partial charge is 0.269 e. The number of thioether (sulfide) groups is 1. The number of hydrogen-bond donors (Lipinski definition) is 1. The van der Waals surface area contributed by atoms with Crippen LogP contribution < -0.4 is 15.1 Å². The van der Waals surface area contributed by atoms with Crippen LogP contribution in [0.3, 0.4) is 0 Å². The van der Waals surface area contributed by atoms with Gasteiger partial charge >= 0.3 is 0 Å². The van der Waals surface area contributed by atoms with E-state index in [1.54, 1.807) is 4.90 Å². The van der Waals surface area contributed by atoms with Crippen LogP contribution in [0.25, 0.3) is 0 Å². The molecule has 1 fully saturated rings. The van der Waals surface area contributed by atoms with Gasteiger partial charge in [0.05, 0.1) is 11.4 Å². The molecule has 1 atom stereocenters. The molecule has 0 bridgehead atoms. The molecule has 33 heavy (non-hydrogen) atoms. The van der Waals surface area contributed by atoms with Crippen molar-refractivity contribution in [3.63, 3.8) is 0 Å². The molecule has 1 saturated heterocycles. The number of carbonyl (C=O) groups is 3. The third kappa shape index (κ3) is 3.68. The number of nitrogens with one attached hydrogen (secondary N) is 1. The number of nitrogens with zero attached hydrogens (tertiary/aromatic N) is 2. The van der Waals surface area contributed by atoms with Crippen LogP contribution >= 0.6 is 11.8 Å². The van der Waals surface area contributed by atoms with Crippen LogP contribution in [0, 0.1) is 0 Å². The van der Waals surface area contributed by atoms with E-state index >= 15 is 0 Å². The normalized spacial score (nSPS) is 19.3. The van der Waals surface area contributed by atoms with Crippen LogP contribution in [-0.2, 0) is 25.7 Å². The van der Waals surface area contributed by atoms with Crippen LogP contribution in [0.2, 0.25) is 0 Å². The van der Waals surface area contributed by atoms with Crippen LogP contribution in [0.15, 0.2) is 84.9 Å². The number of rotatable bonds is 6. The first-order chi connectivity index (χ1) is 16.1. The molecule has 1 N–H and O–H groups in total. The number of anilines is 2. The molecule has 0 aromatic heterocycles. The van der Waals surface area contributed by atoms with E-state index in [0.717, 1.165) is 11.1 Å². The zero-order valence-corrected chi connectivity index (χ0v) is 18.8. The SMILES string of the molecule is O=C(CN1C(=O)C2(SCC(=O)N2c2ccccc2)c2ccccc21)NCCc1ccccc1. The first-order valence-electron chi connectivity index (χ1n) is 10.9. The molecular formula is C26H23N3O3S. The summed E-state index contributed by atoms with van der Waals surface area (Å²) >= 11 is 1.31. The molecule has 5 rings (SSSR count). The van der Waals surface area contributed by atoms with E-state index in [9.17, 15) is 14.4 Å². The van der Waals surface area contributed by atoms with Crippen LogP contribution in [-0.4, -0.2) is 36.6 Å². The highest BCUT2D eigenvalue weighted by Crippen LogP contribution is 2.55. The van der Waals surface area contributed by atoms with Crippen molar-refractivity contribution >= 4 is 40.9 Å². The zero-order valence-electron chi connectivity index (χ0n) is 17.9. The molecule has 1 unspecified atom stereocenters. The summed E-state index contributed by atoms with van der Waals surface area (Å²) in [5.41, 5.74) is 3.22. The number of amides is 3. The lowest BCUT2D eigenvalue weighted by molar-refractivity contribution is -0.125. The molecule has 3 aromatic carbocycles. The minimum atomic E-state index is -1.20. The quantitative estimate of drug-likeness (QED) is 0.617. The molecule has 2 heterocycles. The maximum absolute atomic E-state index is 13.9. The summed E-state index contributed by atoms with van der Waals surface area (Å²) in [6.45, 7) is 0.394. The average Bonchev–Trinajstić information content (AvgIpc) is 3.31. The summed E-state index contributed by atoms with van der Waals surface area (Å²) in [5.74, 6) is -0.414. The van der Waals surface area contributed by atoms with Crippen molar-refractivity contribution in [1.82, 2.24) is 5.32 Å². The van der Waals surface area contributed by atoms with Gasteiger partial charge in [0.25, 0.3) is 5.91 Å². The number of para-hydroxylation sites is 2. The molecular weight excluding hydrogens is 434 g/mol. The topological polar surface area (TPSA) is 69.7 Å². The first-order valence-corrected chi connectivity index (χ1v) is 11.8. The fraction of sp³-hybridized carbons (Fsp3) is 0.192. The molecule has 166 valence electrons. The Morgan fingerprint density at radius 3 is 2.33 bits per heavy atom.